The van der Waals surface area contributed by atoms with Crippen molar-refractivity contribution in [3.8, 4) is 11.5 Å². The van der Waals surface area contributed by atoms with Crippen molar-refractivity contribution in [1.29, 1.82) is 0 Å². The molecule has 0 heterocycles. The van der Waals surface area contributed by atoms with E-state index in [9.17, 15) is 0 Å². The van der Waals surface area contributed by atoms with Gasteiger partial charge in [-0.3, -0.25) is 11.3 Å². The molecule has 0 aliphatic rings. The van der Waals surface area contributed by atoms with Gasteiger partial charge in [0.05, 0.1) is 40.1 Å². The predicted octanol–water partition coefficient (Wildman–Crippen LogP) is 0.871. The number of hydrazine groups is 1. The third kappa shape index (κ3) is 4.68. The molecule has 3 N–H and O–H groups in total. The van der Waals surface area contributed by atoms with Gasteiger partial charge in [0, 0.05) is 12.7 Å². The van der Waals surface area contributed by atoms with Gasteiger partial charge in [-0.25, -0.2) is 0 Å². The van der Waals surface area contributed by atoms with Gasteiger partial charge in [0.2, 0.25) is 0 Å². The molecular formula is C13H22N2O4. The molecule has 0 spiro atoms. The lowest BCUT2D eigenvalue weighted by Crippen LogP contribution is -2.32. The highest BCUT2D eigenvalue weighted by atomic mass is 16.5. The van der Waals surface area contributed by atoms with E-state index in [0.717, 1.165) is 17.1 Å². The lowest BCUT2D eigenvalue weighted by atomic mass is 10.1. The van der Waals surface area contributed by atoms with Crippen molar-refractivity contribution in [3.05, 3.63) is 23.8 Å². The predicted molar refractivity (Wildman–Crippen MR) is 72.3 cm³/mol. The number of hydrogen-bond acceptors (Lipinski definition) is 6. The van der Waals surface area contributed by atoms with E-state index < -0.39 is 0 Å². The maximum absolute atomic E-state index is 5.58. The molecule has 1 rings (SSSR count). The molecule has 1 unspecified atom stereocenters. The van der Waals surface area contributed by atoms with Crippen molar-refractivity contribution in [1.82, 2.24) is 5.43 Å². The van der Waals surface area contributed by atoms with Crippen LogP contribution in [-0.2, 0) is 9.47 Å². The molecule has 0 aliphatic heterocycles. The van der Waals surface area contributed by atoms with Crippen LogP contribution in [0.5, 0.6) is 11.5 Å². The first-order valence-electron chi connectivity index (χ1n) is 6.01. The fourth-order valence-electron chi connectivity index (χ4n) is 1.68. The Hall–Kier alpha value is -1.34. The lowest BCUT2D eigenvalue weighted by Gasteiger charge is -2.19. The molecule has 6 nitrogen and oxygen atoms in total. The Morgan fingerprint density at radius 1 is 1.16 bits per heavy atom. The van der Waals surface area contributed by atoms with E-state index in [0.29, 0.717) is 19.8 Å². The Kier molecular flexibility index (Phi) is 7.20. The van der Waals surface area contributed by atoms with Crippen molar-refractivity contribution in [2.75, 3.05) is 41.2 Å². The first-order valence-corrected chi connectivity index (χ1v) is 6.01. The van der Waals surface area contributed by atoms with Crippen LogP contribution in [0.3, 0.4) is 0 Å². The number of rotatable bonds is 9. The summed E-state index contributed by atoms with van der Waals surface area (Å²) in [6, 6.07) is 5.38. The van der Waals surface area contributed by atoms with Crippen LogP contribution >= 0.6 is 0 Å². The Labute approximate surface area is 113 Å². The number of benzene rings is 1. The molecule has 0 fully saturated rings. The van der Waals surface area contributed by atoms with Crippen LogP contribution in [0.2, 0.25) is 0 Å². The van der Waals surface area contributed by atoms with E-state index in [4.69, 9.17) is 24.8 Å². The van der Waals surface area contributed by atoms with Gasteiger partial charge in [0.25, 0.3) is 0 Å². The van der Waals surface area contributed by atoms with Gasteiger partial charge in [-0.15, -0.1) is 0 Å². The second-order valence-corrected chi connectivity index (χ2v) is 3.89. The third-order valence-electron chi connectivity index (χ3n) is 2.73. The quantitative estimate of drug-likeness (QED) is 0.394. The monoisotopic (exact) mass is 270 g/mol. The summed E-state index contributed by atoms with van der Waals surface area (Å²) in [5.41, 5.74) is 3.61. The van der Waals surface area contributed by atoms with Crippen molar-refractivity contribution >= 4 is 0 Å². The van der Waals surface area contributed by atoms with E-state index in [-0.39, 0.29) is 6.04 Å². The van der Waals surface area contributed by atoms with E-state index in [1.165, 1.54) is 0 Å². The molecule has 1 aromatic rings. The number of methoxy groups -OCH3 is 3. The van der Waals surface area contributed by atoms with Crippen LogP contribution in [0.4, 0.5) is 0 Å². The number of nitrogens with one attached hydrogen (secondary N) is 1. The highest BCUT2D eigenvalue weighted by Crippen LogP contribution is 2.29. The molecule has 19 heavy (non-hydrogen) atoms. The summed E-state index contributed by atoms with van der Waals surface area (Å²) in [4.78, 5) is 0. The smallest absolute Gasteiger partial charge is 0.124 e. The summed E-state index contributed by atoms with van der Waals surface area (Å²) in [6.07, 6.45) is 0. The molecule has 0 saturated heterocycles. The van der Waals surface area contributed by atoms with Gasteiger partial charge in [0.1, 0.15) is 11.5 Å². The van der Waals surface area contributed by atoms with Crippen LogP contribution in [0.1, 0.15) is 11.6 Å². The summed E-state index contributed by atoms with van der Waals surface area (Å²) < 4.78 is 20.9. The van der Waals surface area contributed by atoms with Crippen molar-refractivity contribution < 1.29 is 18.9 Å². The van der Waals surface area contributed by atoms with Gasteiger partial charge in [-0.05, 0) is 18.2 Å². The summed E-state index contributed by atoms with van der Waals surface area (Å²) in [5, 5.41) is 0. The Bertz CT molecular complexity index is 374. The minimum atomic E-state index is -0.179. The summed E-state index contributed by atoms with van der Waals surface area (Å²) in [7, 11) is 4.86. The Morgan fingerprint density at radius 3 is 2.53 bits per heavy atom. The molecule has 1 aromatic carbocycles. The minimum Gasteiger partial charge on any atom is -0.497 e. The molecule has 0 aliphatic carbocycles. The zero-order valence-corrected chi connectivity index (χ0v) is 11.6. The van der Waals surface area contributed by atoms with Crippen LogP contribution in [-0.4, -0.2) is 41.2 Å². The number of nitrogens with two attached hydrogens (primary N) is 1. The molecule has 0 saturated carbocycles. The molecule has 0 bridgehead atoms. The van der Waals surface area contributed by atoms with Gasteiger partial charge in [0.15, 0.2) is 0 Å². The largest absolute Gasteiger partial charge is 0.497 e. The van der Waals surface area contributed by atoms with Crippen LogP contribution in [0.25, 0.3) is 0 Å². The highest BCUT2D eigenvalue weighted by molar-refractivity contribution is 5.42. The number of ether oxygens (including phenoxy) is 4. The van der Waals surface area contributed by atoms with Crippen molar-refractivity contribution in [3.63, 3.8) is 0 Å². The zero-order valence-electron chi connectivity index (χ0n) is 11.6. The fraction of sp³-hybridized carbons (Fsp3) is 0.538. The number of hydrogen-bond donors (Lipinski definition) is 2. The maximum Gasteiger partial charge on any atom is 0.124 e. The molecule has 0 amide bonds. The molecule has 1 atom stereocenters. The highest BCUT2D eigenvalue weighted by Gasteiger charge is 2.16. The van der Waals surface area contributed by atoms with Crippen LogP contribution in [0.15, 0.2) is 18.2 Å². The summed E-state index contributed by atoms with van der Waals surface area (Å²) in [6.45, 7) is 1.48. The van der Waals surface area contributed by atoms with E-state index in [2.05, 4.69) is 5.43 Å². The van der Waals surface area contributed by atoms with Gasteiger partial charge < -0.3 is 18.9 Å². The summed E-state index contributed by atoms with van der Waals surface area (Å²) in [5.74, 6) is 7.06. The first kappa shape index (κ1) is 15.7. The average molecular weight is 270 g/mol. The third-order valence-corrected chi connectivity index (χ3v) is 2.73. The van der Waals surface area contributed by atoms with E-state index in [1.54, 1.807) is 21.3 Å². The van der Waals surface area contributed by atoms with Crippen molar-refractivity contribution in [2.24, 2.45) is 5.84 Å². The van der Waals surface area contributed by atoms with Gasteiger partial charge in [-0.2, -0.15) is 0 Å². The SMILES string of the molecule is COCCOCC(NN)c1cc(OC)ccc1OC. The first-order chi connectivity index (χ1) is 9.26. The normalized spacial score (nSPS) is 12.2. The zero-order chi connectivity index (χ0) is 14.1. The second kappa shape index (κ2) is 8.71. The maximum atomic E-state index is 5.58. The van der Waals surface area contributed by atoms with Crippen LogP contribution in [0, 0.1) is 0 Å². The molecular weight excluding hydrogens is 248 g/mol. The van der Waals surface area contributed by atoms with Crippen molar-refractivity contribution in [2.45, 2.75) is 6.04 Å². The Morgan fingerprint density at radius 2 is 1.95 bits per heavy atom. The summed E-state index contributed by atoms with van der Waals surface area (Å²) >= 11 is 0. The Balaban J connectivity index is 2.77. The minimum absolute atomic E-state index is 0.179. The molecule has 108 valence electrons. The average Bonchev–Trinajstić information content (AvgIpc) is 2.47. The molecule has 6 heteroatoms. The lowest BCUT2D eigenvalue weighted by molar-refractivity contribution is 0.0582. The van der Waals surface area contributed by atoms with E-state index in [1.807, 2.05) is 18.2 Å². The topological polar surface area (TPSA) is 75.0 Å². The standard InChI is InChI=1S/C13H22N2O4/c1-16-6-7-19-9-12(15-14)11-8-10(17-2)4-5-13(11)18-3/h4-5,8,12,15H,6-7,9,14H2,1-3H3. The molecule has 0 radical (unpaired) electrons. The van der Waals surface area contributed by atoms with Crippen LogP contribution < -0.4 is 20.7 Å². The van der Waals surface area contributed by atoms with E-state index >= 15 is 0 Å². The fourth-order valence-corrected chi connectivity index (χ4v) is 1.68. The molecule has 0 aromatic heterocycles. The second-order valence-electron chi connectivity index (χ2n) is 3.89. The van der Waals surface area contributed by atoms with Gasteiger partial charge >= 0.3 is 0 Å². The van der Waals surface area contributed by atoms with Gasteiger partial charge in [-0.1, -0.05) is 0 Å².